The average Bonchev–Trinajstić information content (AvgIpc) is 2.48. The number of carbonyl (C=O) groups is 3. The zero-order valence-corrected chi connectivity index (χ0v) is 13.1. The molecule has 1 fully saturated rings. The number of nitrogens with one attached hydrogen (secondary N) is 1. The second kappa shape index (κ2) is 7.51. The number of hydrogen-bond donors (Lipinski definition) is 1. The number of alkyl halides is 2. The van der Waals surface area contributed by atoms with Crippen molar-refractivity contribution in [3.05, 3.63) is 12.2 Å². The number of esters is 1. The number of hydrogen-bond acceptors (Lipinski definition) is 5. The van der Waals surface area contributed by atoms with Gasteiger partial charge in [-0.15, -0.1) is 11.6 Å². The predicted molar refractivity (Wildman–Crippen MR) is 76.1 cm³/mol. The van der Waals surface area contributed by atoms with Crippen LogP contribution in [0.2, 0.25) is 0 Å². The first kappa shape index (κ1) is 17.6. The van der Waals surface area contributed by atoms with E-state index in [1.807, 2.05) is 0 Å². The monoisotopic (exact) mass is 338 g/mol. The van der Waals surface area contributed by atoms with Gasteiger partial charge in [-0.05, 0) is 12.5 Å². The summed E-state index contributed by atoms with van der Waals surface area (Å²) in [6.45, 7) is 5.43. The minimum absolute atomic E-state index is 0.0357. The second-order valence-corrected chi connectivity index (χ2v) is 4.89. The van der Waals surface area contributed by atoms with Crippen molar-refractivity contribution in [3.8, 4) is 0 Å². The van der Waals surface area contributed by atoms with Crippen LogP contribution in [0.25, 0.3) is 0 Å². The maximum absolute atomic E-state index is 12.1. The number of nitrogens with zero attached hydrogens (tertiary/aromatic N) is 1. The molecule has 0 saturated carbocycles. The Morgan fingerprint density at radius 3 is 2.57 bits per heavy atom. The normalized spacial score (nSPS) is 22.1. The van der Waals surface area contributed by atoms with Gasteiger partial charge >= 0.3 is 12.1 Å². The Morgan fingerprint density at radius 1 is 1.52 bits per heavy atom. The van der Waals surface area contributed by atoms with Crippen LogP contribution in [0, 0.1) is 0 Å². The Balaban J connectivity index is 2.86. The van der Waals surface area contributed by atoms with Gasteiger partial charge in [-0.1, -0.05) is 18.2 Å². The molecule has 9 heteroatoms. The molecule has 3 unspecified atom stereocenters. The molecule has 0 aromatic carbocycles. The Bertz CT molecular complexity index is 457. The molecular weight excluding hydrogens is 323 g/mol. The van der Waals surface area contributed by atoms with Crippen LogP contribution in [-0.2, 0) is 19.1 Å². The lowest BCUT2D eigenvalue weighted by Gasteiger charge is -2.46. The van der Waals surface area contributed by atoms with Crippen molar-refractivity contribution in [1.29, 1.82) is 0 Å². The summed E-state index contributed by atoms with van der Waals surface area (Å²) >= 11 is 11.7. The largest absolute Gasteiger partial charge is 0.464 e. The van der Waals surface area contributed by atoms with Gasteiger partial charge in [0.15, 0.2) is 6.04 Å². The Labute approximate surface area is 132 Å². The quantitative estimate of drug-likeness (QED) is 0.255. The van der Waals surface area contributed by atoms with Gasteiger partial charge in [-0.3, -0.25) is 4.79 Å². The SMILES string of the molecule is C=C(CCl)C(C(=O)OCC)N1C(=O)C(NC(=O)OC)C1Cl. The second-order valence-electron chi connectivity index (χ2n) is 4.18. The summed E-state index contributed by atoms with van der Waals surface area (Å²) in [4.78, 5) is 36.2. The Kier molecular flexibility index (Phi) is 6.29. The molecule has 7 nitrogen and oxygen atoms in total. The molecule has 21 heavy (non-hydrogen) atoms. The van der Waals surface area contributed by atoms with Crippen LogP contribution in [0.3, 0.4) is 0 Å². The number of likely N-dealkylation sites (tertiary alicyclic amines) is 1. The van der Waals surface area contributed by atoms with Crippen LogP contribution in [0.4, 0.5) is 4.79 Å². The van der Waals surface area contributed by atoms with Gasteiger partial charge in [-0.2, -0.15) is 0 Å². The lowest BCUT2D eigenvalue weighted by atomic mass is 9.99. The van der Waals surface area contributed by atoms with Gasteiger partial charge in [0, 0.05) is 5.88 Å². The van der Waals surface area contributed by atoms with E-state index in [0.29, 0.717) is 0 Å². The molecule has 2 amide bonds. The maximum Gasteiger partial charge on any atom is 0.407 e. The fourth-order valence-electron chi connectivity index (χ4n) is 1.84. The van der Waals surface area contributed by atoms with E-state index in [-0.39, 0.29) is 18.1 Å². The highest BCUT2D eigenvalue weighted by molar-refractivity contribution is 6.27. The summed E-state index contributed by atoms with van der Waals surface area (Å²) < 4.78 is 9.29. The van der Waals surface area contributed by atoms with Crippen molar-refractivity contribution in [2.45, 2.75) is 24.5 Å². The minimum Gasteiger partial charge on any atom is -0.464 e. The molecule has 1 saturated heterocycles. The highest BCUT2D eigenvalue weighted by Gasteiger charge is 2.53. The van der Waals surface area contributed by atoms with Crippen molar-refractivity contribution in [1.82, 2.24) is 10.2 Å². The number of halogens is 2. The van der Waals surface area contributed by atoms with E-state index >= 15 is 0 Å². The summed E-state index contributed by atoms with van der Waals surface area (Å²) in [5.74, 6) is -1.24. The zero-order chi connectivity index (χ0) is 16.2. The summed E-state index contributed by atoms with van der Waals surface area (Å²) in [5.41, 5.74) is -0.642. The van der Waals surface area contributed by atoms with Crippen LogP contribution < -0.4 is 5.32 Å². The molecule has 0 aromatic heterocycles. The van der Waals surface area contributed by atoms with Gasteiger partial charge in [-0.25, -0.2) is 9.59 Å². The average molecular weight is 339 g/mol. The summed E-state index contributed by atoms with van der Waals surface area (Å²) in [6.07, 6.45) is -0.789. The van der Waals surface area contributed by atoms with Gasteiger partial charge in [0.25, 0.3) is 5.91 Å². The van der Waals surface area contributed by atoms with E-state index in [1.54, 1.807) is 6.92 Å². The predicted octanol–water partition coefficient (Wildman–Crippen LogP) is 0.845. The number of β-lactam (4-membered cyclic amide) rings is 1. The molecule has 1 heterocycles. The fourth-order valence-corrected chi connectivity index (χ4v) is 2.36. The third-order valence-electron chi connectivity index (χ3n) is 2.87. The zero-order valence-electron chi connectivity index (χ0n) is 11.6. The van der Waals surface area contributed by atoms with E-state index in [0.717, 1.165) is 12.0 Å². The number of alkyl carbamates (subject to hydrolysis) is 1. The van der Waals surface area contributed by atoms with Crippen LogP contribution in [0.5, 0.6) is 0 Å². The third kappa shape index (κ3) is 3.59. The Morgan fingerprint density at radius 2 is 2.14 bits per heavy atom. The highest BCUT2D eigenvalue weighted by Crippen LogP contribution is 2.30. The first-order valence-corrected chi connectivity index (χ1v) is 7.07. The smallest absolute Gasteiger partial charge is 0.407 e. The van der Waals surface area contributed by atoms with E-state index in [2.05, 4.69) is 16.6 Å². The van der Waals surface area contributed by atoms with Gasteiger partial charge in [0.2, 0.25) is 0 Å². The molecule has 0 aliphatic carbocycles. The van der Waals surface area contributed by atoms with Crippen LogP contribution in [0.15, 0.2) is 12.2 Å². The number of amides is 2. The van der Waals surface area contributed by atoms with Crippen LogP contribution >= 0.6 is 23.2 Å². The molecule has 3 atom stereocenters. The first-order valence-electron chi connectivity index (χ1n) is 6.10. The van der Waals surface area contributed by atoms with Crippen molar-refractivity contribution < 1.29 is 23.9 Å². The Hall–Kier alpha value is -1.47. The van der Waals surface area contributed by atoms with Crippen LogP contribution in [-0.4, -0.2) is 60.1 Å². The lowest BCUT2D eigenvalue weighted by Crippen LogP contribution is -2.72. The van der Waals surface area contributed by atoms with E-state index < -0.39 is 35.6 Å². The molecule has 1 aliphatic heterocycles. The van der Waals surface area contributed by atoms with Gasteiger partial charge < -0.3 is 19.7 Å². The van der Waals surface area contributed by atoms with Crippen LogP contribution in [0.1, 0.15) is 6.92 Å². The molecule has 0 radical (unpaired) electrons. The lowest BCUT2D eigenvalue weighted by molar-refractivity contribution is -0.162. The van der Waals surface area contributed by atoms with E-state index in [9.17, 15) is 14.4 Å². The number of ether oxygens (including phenoxy) is 2. The standard InChI is InChI=1S/C12H16Cl2N2O5/c1-4-21-11(18)8(6(2)5-13)16-9(14)7(10(16)17)15-12(19)20-3/h7-9H,2,4-5H2,1,3H3,(H,15,19). The molecular formula is C12H16Cl2N2O5. The third-order valence-corrected chi connectivity index (χ3v) is 3.67. The summed E-state index contributed by atoms with van der Waals surface area (Å²) in [5, 5.41) is 2.28. The van der Waals surface area contributed by atoms with Crippen molar-refractivity contribution in [2.75, 3.05) is 19.6 Å². The molecule has 0 aromatic rings. The summed E-state index contributed by atoms with van der Waals surface area (Å²) in [6, 6.07) is -2.05. The van der Waals surface area contributed by atoms with E-state index in [4.69, 9.17) is 27.9 Å². The maximum atomic E-state index is 12.1. The molecule has 0 bridgehead atoms. The van der Waals surface area contributed by atoms with Crippen molar-refractivity contribution in [3.63, 3.8) is 0 Å². The number of carbonyl (C=O) groups excluding carboxylic acids is 3. The summed E-state index contributed by atoms with van der Waals surface area (Å²) in [7, 11) is 1.16. The van der Waals surface area contributed by atoms with Crippen molar-refractivity contribution in [2.24, 2.45) is 0 Å². The number of rotatable bonds is 6. The molecule has 0 spiro atoms. The fraction of sp³-hybridized carbons (Fsp3) is 0.583. The van der Waals surface area contributed by atoms with Gasteiger partial charge in [0.05, 0.1) is 13.7 Å². The molecule has 1 rings (SSSR count). The molecule has 1 N–H and O–H groups in total. The van der Waals surface area contributed by atoms with E-state index in [1.165, 1.54) is 0 Å². The topological polar surface area (TPSA) is 84.9 Å². The minimum atomic E-state index is -1.08. The number of methoxy groups -OCH3 is 1. The highest BCUT2D eigenvalue weighted by atomic mass is 35.5. The molecule has 118 valence electrons. The molecule has 1 aliphatic rings. The van der Waals surface area contributed by atoms with Crippen molar-refractivity contribution >= 4 is 41.2 Å². The first-order chi connectivity index (χ1) is 9.88. The van der Waals surface area contributed by atoms with Gasteiger partial charge in [0.1, 0.15) is 11.5 Å².